The van der Waals surface area contributed by atoms with Crippen molar-refractivity contribution in [2.75, 3.05) is 0 Å². The molecule has 0 saturated carbocycles. The first-order valence-electron chi connectivity index (χ1n) is 16.4. The van der Waals surface area contributed by atoms with E-state index in [1.807, 2.05) is 60.7 Å². The molecule has 2 aromatic heterocycles. The highest BCUT2D eigenvalue weighted by atomic mass is 16.3. The van der Waals surface area contributed by atoms with E-state index in [9.17, 15) is 0 Å². The molecule has 0 N–H and O–H groups in total. The van der Waals surface area contributed by atoms with Gasteiger partial charge in [-0.3, -0.25) is 0 Å². The SMILES string of the molecule is c1ccc(-c2nc(-c3ccc(-c4cccc5c4ccc4c6ccccc6ccc54)cc3)nc(-c3cccc4oc5ccccc5c34)n2)cc1. The Labute approximate surface area is 282 Å². The Morgan fingerprint density at radius 2 is 0.857 bits per heavy atom. The third kappa shape index (κ3) is 4.49. The van der Waals surface area contributed by atoms with E-state index in [0.29, 0.717) is 17.5 Å². The normalized spacial score (nSPS) is 11.7. The first kappa shape index (κ1) is 27.5. The first-order valence-corrected chi connectivity index (χ1v) is 16.4. The fourth-order valence-electron chi connectivity index (χ4n) is 7.21. The van der Waals surface area contributed by atoms with Crippen LogP contribution >= 0.6 is 0 Å². The molecular formula is C45H27N3O. The summed E-state index contributed by atoms with van der Waals surface area (Å²) in [5.74, 6) is 1.86. The van der Waals surface area contributed by atoms with E-state index in [0.717, 1.165) is 44.2 Å². The molecule has 10 aromatic rings. The van der Waals surface area contributed by atoms with Gasteiger partial charge in [-0.25, -0.2) is 15.0 Å². The van der Waals surface area contributed by atoms with Crippen molar-refractivity contribution >= 4 is 54.3 Å². The van der Waals surface area contributed by atoms with Gasteiger partial charge in [-0.2, -0.15) is 0 Å². The van der Waals surface area contributed by atoms with Crippen LogP contribution in [0.5, 0.6) is 0 Å². The lowest BCUT2D eigenvalue weighted by molar-refractivity contribution is 0.669. The van der Waals surface area contributed by atoms with Crippen LogP contribution in [0.4, 0.5) is 0 Å². The lowest BCUT2D eigenvalue weighted by Crippen LogP contribution is -2.00. The van der Waals surface area contributed by atoms with Crippen LogP contribution in [0.3, 0.4) is 0 Å². The van der Waals surface area contributed by atoms with Crippen LogP contribution in [0.1, 0.15) is 0 Å². The number of rotatable bonds is 4. The molecule has 0 bridgehead atoms. The number of hydrogen-bond acceptors (Lipinski definition) is 4. The summed E-state index contributed by atoms with van der Waals surface area (Å²) in [5.41, 5.74) is 6.75. The van der Waals surface area contributed by atoms with Gasteiger partial charge in [0.25, 0.3) is 0 Å². The Balaban J connectivity index is 1.11. The van der Waals surface area contributed by atoms with Crippen LogP contribution in [-0.4, -0.2) is 15.0 Å². The second-order valence-corrected chi connectivity index (χ2v) is 12.4. The van der Waals surface area contributed by atoms with Gasteiger partial charge in [-0.1, -0.05) is 152 Å². The molecule has 0 unspecified atom stereocenters. The van der Waals surface area contributed by atoms with Gasteiger partial charge < -0.3 is 4.42 Å². The van der Waals surface area contributed by atoms with Gasteiger partial charge in [0.05, 0.1) is 0 Å². The molecule has 0 atom stereocenters. The molecule has 10 rings (SSSR count). The number of aromatic nitrogens is 3. The van der Waals surface area contributed by atoms with Gasteiger partial charge in [-0.15, -0.1) is 0 Å². The summed E-state index contributed by atoms with van der Waals surface area (Å²) < 4.78 is 6.20. The van der Waals surface area contributed by atoms with E-state index in [1.165, 1.54) is 37.9 Å². The number of fused-ring (bicyclic) bond motifs is 8. The van der Waals surface area contributed by atoms with Crippen molar-refractivity contribution in [1.82, 2.24) is 15.0 Å². The monoisotopic (exact) mass is 625 g/mol. The lowest BCUT2D eigenvalue weighted by Gasteiger charge is -2.12. The minimum Gasteiger partial charge on any atom is -0.456 e. The molecule has 2 heterocycles. The predicted octanol–water partition coefficient (Wildman–Crippen LogP) is 11.9. The molecule has 49 heavy (non-hydrogen) atoms. The van der Waals surface area contributed by atoms with Gasteiger partial charge in [0.2, 0.25) is 0 Å². The van der Waals surface area contributed by atoms with Gasteiger partial charge in [-0.05, 0) is 55.6 Å². The molecule has 228 valence electrons. The number of furan rings is 1. The lowest BCUT2D eigenvalue weighted by atomic mass is 9.92. The molecular weight excluding hydrogens is 599 g/mol. The third-order valence-electron chi connectivity index (χ3n) is 9.55. The molecule has 0 saturated heterocycles. The highest BCUT2D eigenvalue weighted by Crippen LogP contribution is 2.38. The fourth-order valence-corrected chi connectivity index (χ4v) is 7.21. The Bertz CT molecular complexity index is 2870. The average molecular weight is 626 g/mol. The zero-order chi connectivity index (χ0) is 32.3. The smallest absolute Gasteiger partial charge is 0.164 e. The van der Waals surface area contributed by atoms with Gasteiger partial charge >= 0.3 is 0 Å². The van der Waals surface area contributed by atoms with Crippen molar-refractivity contribution < 1.29 is 4.42 Å². The van der Waals surface area contributed by atoms with Crippen LogP contribution in [0.15, 0.2) is 168 Å². The van der Waals surface area contributed by atoms with E-state index in [1.54, 1.807) is 0 Å². The average Bonchev–Trinajstić information content (AvgIpc) is 3.57. The summed E-state index contributed by atoms with van der Waals surface area (Å²) in [5, 5.41) is 9.59. The molecule has 0 radical (unpaired) electrons. The number of para-hydroxylation sites is 1. The standard InChI is InChI=1S/C45H27N3O/c1-2-11-30(12-3-1)43-46-44(48-45(47-43)39-17-9-19-41-42(39)38-14-6-7-18-40(38)49-41)31-22-20-29(21-23-31)33-15-8-16-34-35(33)26-27-36-32-13-5-4-10-28(32)24-25-37(34)36/h1-27H. The third-order valence-corrected chi connectivity index (χ3v) is 9.55. The largest absolute Gasteiger partial charge is 0.456 e. The van der Waals surface area contributed by atoms with E-state index in [2.05, 4.69) is 103 Å². The zero-order valence-corrected chi connectivity index (χ0v) is 26.3. The zero-order valence-electron chi connectivity index (χ0n) is 26.3. The molecule has 0 aliphatic carbocycles. The van der Waals surface area contributed by atoms with E-state index in [4.69, 9.17) is 19.4 Å². The summed E-state index contributed by atoms with van der Waals surface area (Å²) in [6.07, 6.45) is 0. The fraction of sp³-hybridized carbons (Fsp3) is 0. The van der Waals surface area contributed by atoms with Crippen molar-refractivity contribution in [1.29, 1.82) is 0 Å². The minimum atomic E-state index is 0.610. The van der Waals surface area contributed by atoms with Gasteiger partial charge in [0.15, 0.2) is 17.5 Å². The molecule has 0 aliphatic heterocycles. The number of hydrogen-bond donors (Lipinski definition) is 0. The summed E-state index contributed by atoms with van der Waals surface area (Å²) in [4.78, 5) is 15.1. The summed E-state index contributed by atoms with van der Waals surface area (Å²) in [6.45, 7) is 0. The minimum absolute atomic E-state index is 0.610. The Kier molecular flexibility index (Phi) is 6.15. The Morgan fingerprint density at radius 3 is 1.71 bits per heavy atom. The molecule has 0 fully saturated rings. The highest BCUT2D eigenvalue weighted by Gasteiger charge is 2.18. The number of benzene rings is 8. The first-order chi connectivity index (χ1) is 24.3. The second kappa shape index (κ2) is 11.0. The van der Waals surface area contributed by atoms with Crippen LogP contribution in [0, 0.1) is 0 Å². The van der Waals surface area contributed by atoms with Crippen LogP contribution in [0.2, 0.25) is 0 Å². The maximum Gasteiger partial charge on any atom is 0.164 e. The van der Waals surface area contributed by atoms with Crippen molar-refractivity contribution in [3.8, 4) is 45.3 Å². The Morgan fingerprint density at radius 1 is 0.306 bits per heavy atom. The van der Waals surface area contributed by atoms with Crippen LogP contribution in [-0.2, 0) is 0 Å². The van der Waals surface area contributed by atoms with Crippen molar-refractivity contribution in [3.63, 3.8) is 0 Å². The summed E-state index contributed by atoms with van der Waals surface area (Å²) in [6, 6.07) is 57.0. The van der Waals surface area contributed by atoms with Crippen molar-refractivity contribution in [2.24, 2.45) is 0 Å². The summed E-state index contributed by atoms with van der Waals surface area (Å²) in [7, 11) is 0. The van der Waals surface area contributed by atoms with Crippen molar-refractivity contribution in [3.05, 3.63) is 164 Å². The highest BCUT2D eigenvalue weighted by molar-refractivity contribution is 6.19. The molecule has 0 spiro atoms. The maximum absolute atomic E-state index is 6.20. The molecule has 0 aliphatic rings. The van der Waals surface area contributed by atoms with Crippen LogP contribution in [0.25, 0.3) is 99.5 Å². The van der Waals surface area contributed by atoms with Crippen molar-refractivity contribution in [2.45, 2.75) is 0 Å². The van der Waals surface area contributed by atoms with E-state index < -0.39 is 0 Å². The van der Waals surface area contributed by atoms with Gasteiger partial charge in [0, 0.05) is 27.5 Å². The number of nitrogens with zero attached hydrogens (tertiary/aromatic N) is 3. The summed E-state index contributed by atoms with van der Waals surface area (Å²) >= 11 is 0. The predicted molar refractivity (Wildman–Crippen MR) is 201 cm³/mol. The molecule has 0 amide bonds. The molecule has 4 nitrogen and oxygen atoms in total. The van der Waals surface area contributed by atoms with Gasteiger partial charge in [0.1, 0.15) is 11.2 Å². The topological polar surface area (TPSA) is 51.8 Å². The Hall–Kier alpha value is -6.65. The molecule has 8 aromatic carbocycles. The van der Waals surface area contributed by atoms with E-state index >= 15 is 0 Å². The van der Waals surface area contributed by atoms with E-state index in [-0.39, 0.29) is 0 Å². The quantitative estimate of drug-likeness (QED) is 0.183. The molecule has 4 heteroatoms. The van der Waals surface area contributed by atoms with Crippen LogP contribution < -0.4 is 0 Å². The second-order valence-electron chi connectivity index (χ2n) is 12.4. The maximum atomic E-state index is 6.20.